The quantitative estimate of drug-likeness (QED) is 0.370. The van der Waals surface area contributed by atoms with Crippen molar-refractivity contribution in [2.45, 2.75) is 76.8 Å². The Balaban J connectivity index is 1.44. The number of anilines is 1. The summed E-state index contributed by atoms with van der Waals surface area (Å²) in [5.41, 5.74) is 2.44. The van der Waals surface area contributed by atoms with Crippen LogP contribution in [0.4, 0.5) is 10.5 Å². The molecule has 2 fully saturated rings. The molecule has 2 aromatic rings. The maximum Gasteiger partial charge on any atom is 0.322 e. The molecule has 39 heavy (non-hydrogen) atoms. The van der Waals surface area contributed by atoms with Gasteiger partial charge >= 0.3 is 12.0 Å². The highest BCUT2D eigenvalue weighted by molar-refractivity contribution is 5.94. The van der Waals surface area contributed by atoms with Crippen LogP contribution in [0.2, 0.25) is 0 Å². The number of amides is 3. The van der Waals surface area contributed by atoms with E-state index in [2.05, 4.69) is 16.7 Å². The lowest BCUT2D eigenvalue weighted by Gasteiger charge is -2.40. The maximum absolute atomic E-state index is 13.6. The van der Waals surface area contributed by atoms with Crippen molar-refractivity contribution < 1.29 is 19.5 Å². The van der Waals surface area contributed by atoms with Gasteiger partial charge in [0, 0.05) is 30.4 Å². The van der Waals surface area contributed by atoms with E-state index in [1.165, 1.54) is 32.1 Å². The van der Waals surface area contributed by atoms with Gasteiger partial charge in [0.25, 0.3) is 5.91 Å². The summed E-state index contributed by atoms with van der Waals surface area (Å²) in [6, 6.07) is 16.1. The Morgan fingerprint density at radius 2 is 1.62 bits per heavy atom. The number of carbonyl (C=O) groups excluding carboxylic acids is 2. The van der Waals surface area contributed by atoms with Crippen molar-refractivity contribution in [1.29, 1.82) is 5.26 Å². The van der Waals surface area contributed by atoms with Crippen LogP contribution in [0.25, 0.3) is 0 Å². The van der Waals surface area contributed by atoms with E-state index in [0.29, 0.717) is 23.4 Å². The van der Waals surface area contributed by atoms with Crippen molar-refractivity contribution in [3.63, 3.8) is 0 Å². The molecule has 2 aliphatic rings. The Morgan fingerprint density at radius 1 is 0.923 bits per heavy atom. The Kier molecular flexibility index (Phi) is 9.96. The number of urea groups is 1. The minimum atomic E-state index is -0.962. The van der Waals surface area contributed by atoms with Crippen LogP contribution < -0.4 is 10.6 Å². The molecule has 3 N–H and O–H groups in total. The lowest BCUT2D eigenvalue weighted by atomic mass is 9.72. The number of hydrogen-bond acceptors (Lipinski definition) is 4. The van der Waals surface area contributed by atoms with E-state index in [4.69, 9.17) is 5.11 Å². The lowest BCUT2D eigenvalue weighted by Crippen LogP contribution is -2.44. The first-order valence-corrected chi connectivity index (χ1v) is 14.1. The first-order chi connectivity index (χ1) is 18.9. The van der Waals surface area contributed by atoms with Gasteiger partial charge in [-0.1, -0.05) is 50.3 Å². The summed E-state index contributed by atoms with van der Waals surface area (Å²) in [7, 11) is 0. The molecule has 8 heteroatoms. The van der Waals surface area contributed by atoms with E-state index < -0.39 is 5.97 Å². The summed E-state index contributed by atoms with van der Waals surface area (Å²) in [6.45, 7) is 0.476. The van der Waals surface area contributed by atoms with E-state index in [1.807, 2.05) is 17.0 Å². The first-order valence-electron chi connectivity index (χ1n) is 14.1. The fourth-order valence-corrected chi connectivity index (χ4v) is 6.06. The lowest BCUT2D eigenvalue weighted by molar-refractivity contribution is -0.136. The second-order valence-corrected chi connectivity index (χ2v) is 10.8. The molecule has 0 heterocycles. The van der Waals surface area contributed by atoms with Crippen molar-refractivity contribution in [3.05, 3.63) is 65.2 Å². The molecule has 4 rings (SSSR count). The topological polar surface area (TPSA) is 123 Å². The van der Waals surface area contributed by atoms with E-state index in [9.17, 15) is 19.6 Å². The molecule has 3 amide bonds. The van der Waals surface area contributed by atoms with Gasteiger partial charge in [0.1, 0.15) is 0 Å². The third-order valence-corrected chi connectivity index (χ3v) is 8.20. The van der Waals surface area contributed by atoms with Crippen LogP contribution in [0, 0.1) is 23.2 Å². The molecule has 2 saturated carbocycles. The van der Waals surface area contributed by atoms with Gasteiger partial charge in [-0.15, -0.1) is 0 Å². The zero-order valence-electron chi connectivity index (χ0n) is 22.4. The molecule has 0 atom stereocenters. The third-order valence-electron chi connectivity index (χ3n) is 8.20. The molecule has 0 bridgehead atoms. The average molecular weight is 531 g/mol. The summed E-state index contributed by atoms with van der Waals surface area (Å²) in [6.07, 6.45) is 10.8. The Morgan fingerprint density at radius 3 is 2.28 bits per heavy atom. The van der Waals surface area contributed by atoms with E-state index >= 15 is 0 Å². The van der Waals surface area contributed by atoms with Gasteiger partial charge < -0.3 is 20.6 Å². The molecule has 0 unspecified atom stereocenters. The van der Waals surface area contributed by atoms with Crippen molar-refractivity contribution in [2.75, 3.05) is 11.9 Å². The molecule has 0 aromatic heterocycles. The monoisotopic (exact) mass is 530 g/mol. The number of carboxylic acid groups (broad SMARTS) is 1. The van der Waals surface area contributed by atoms with Crippen molar-refractivity contribution in [3.8, 4) is 6.07 Å². The Bertz CT molecular complexity index is 1180. The summed E-state index contributed by atoms with van der Waals surface area (Å²) in [4.78, 5) is 38.5. The third kappa shape index (κ3) is 8.06. The molecule has 0 saturated heterocycles. The number of carboxylic acids is 1. The van der Waals surface area contributed by atoms with Crippen LogP contribution in [-0.2, 0) is 11.3 Å². The number of benzene rings is 2. The summed E-state index contributed by atoms with van der Waals surface area (Å²) < 4.78 is 0. The highest BCUT2D eigenvalue weighted by Crippen LogP contribution is 2.39. The van der Waals surface area contributed by atoms with Gasteiger partial charge in [-0.2, -0.15) is 5.26 Å². The minimum absolute atomic E-state index is 0.0698. The molecule has 0 aliphatic heterocycles. The van der Waals surface area contributed by atoms with Crippen LogP contribution >= 0.6 is 0 Å². The van der Waals surface area contributed by atoms with Gasteiger partial charge in [0.15, 0.2) is 0 Å². The predicted octanol–water partition coefficient (Wildman–Crippen LogP) is 5.94. The van der Waals surface area contributed by atoms with Crippen LogP contribution in [0.5, 0.6) is 0 Å². The molecular weight excluding hydrogens is 492 g/mol. The number of nitriles is 1. The minimum Gasteiger partial charge on any atom is -0.481 e. The molecule has 0 radical (unpaired) electrons. The van der Waals surface area contributed by atoms with Crippen molar-refractivity contribution >= 4 is 23.6 Å². The predicted molar refractivity (Wildman–Crippen MR) is 149 cm³/mol. The molecular formula is C31H38N4O4. The molecule has 2 aliphatic carbocycles. The zero-order valence-corrected chi connectivity index (χ0v) is 22.4. The standard InChI is InChI=1S/C31H38N4O4/c32-20-23-5-4-8-27(19-23)34-31(39)35(28-15-13-25(14-16-28)24-6-2-1-3-7-24)21-22-9-11-26(12-10-22)30(38)33-18-17-29(36)37/h4-5,8-12,19,24-25,28H,1-3,6-7,13-18,21H2,(H,33,38)(H,34,39)(H,36,37). The SMILES string of the molecule is N#Cc1cccc(NC(=O)N(Cc2ccc(C(=O)NCCC(=O)O)cc2)C2CCC(C3CCCCC3)CC2)c1. The Labute approximate surface area is 230 Å². The number of nitrogens with one attached hydrogen (secondary N) is 2. The largest absolute Gasteiger partial charge is 0.481 e. The van der Waals surface area contributed by atoms with Gasteiger partial charge in [-0.25, -0.2) is 4.79 Å². The van der Waals surface area contributed by atoms with Crippen molar-refractivity contribution in [2.24, 2.45) is 11.8 Å². The molecule has 2 aromatic carbocycles. The zero-order chi connectivity index (χ0) is 27.6. The first kappa shape index (κ1) is 28.2. The van der Waals surface area contributed by atoms with Crippen LogP contribution in [-0.4, -0.2) is 40.5 Å². The average Bonchev–Trinajstić information content (AvgIpc) is 2.96. The highest BCUT2D eigenvalue weighted by Gasteiger charge is 2.33. The van der Waals surface area contributed by atoms with E-state index in [1.54, 1.807) is 36.4 Å². The maximum atomic E-state index is 13.6. The molecule has 206 valence electrons. The molecule has 0 spiro atoms. The van der Waals surface area contributed by atoms with E-state index in [0.717, 1.165) is 43.1 Å². The fourth-order valence-electron chi connectivity index (χ4n) is 6.06. The number of nitrogens with zero attached hydrogens (tertiary/aromatic N) is 2. The number of rotatable bonds is 9. The Hall–Kier alpha value is -3.86. The van der Waals surface area contributed by atoms with Crippen LogP contribution in [0.1, 0.15) is 85.7 Å². The normalized spacial score (nSPS) is 19.5. The second-order valence-electron chi connectivity index (χ2n) is 10.8. The smallest absolute Gasteiger partial charge is 0.322 e. The summed E-state index contributed by atoms with van der Waals surface area (Å²) >= 11 is 0. The van der Waals surface area contributed by atoms with Gasteiger partial charge in [-0.3, -0.25) is 9.59 Å². The number of hydrogen-bond donors (Lipinski definition) is 3. The van der Waals surface area contributed by atoms with E-state index in [-0.39, 0.29) is 30.9 Å². The van der Waals surface area contributed by atoms with Crippen molar-refractivity contribution in [1.82, 2.24) is 10.2 Å². The van der Waals surface area contributed by atoms with Crippen LogP contribution in [0.15, 0.2) is 48.5 Å². The fraction of sp³-hybridized carbons (Fsp3) is 0.484. The molecule has 8 nitrogen and oxygen atoms in total. The van der Waals surface area contributed by atoms with Gasteiger partial charge in [-0.05, 0) is 73.4 Å². The summed E-state index contributed by atoms with van der Waals surface area (Å²) in [5, 5.41) is 23.6. The second kappa shape index (κ2) is 13.8. The van der Waals surface area contributed by atoms with Gasteiger partial charge in [0.2, 0.25) is 0 Å². The van der Waals surface area contributed by atoms with Gasteiger partial charge in [0.05, 0.1) is 18.1 Å². The summed E-state index contributed by atoms with van der Waals surface area (Å²) in [5.74, 6) is 0.287. The number of carbonyl (C=O) groups is 3. The highest BCUT2D eigenvalue weighted by atomic mass is 16.4. The van der Waals surface area contributed by atoms with Crippen LogP contribution in [0.3, 0.4) is 0 Å². The number of aliphatic carboxylic acids is 1.